The van der Waals surface area contributed by atoms with Gasteiger partial charge in [-0.2, -0.15) is 0 Å². The molecule has 0 radical (unpaired) electrons. The van der Waals surface area contributed by atoms with Gasteiger partial charge in [0.1, 0.15) is 9.84 Å². The minimum Gasteiger partial charge on any atom is -0.352 e. The molecule has 0 aliphatic carbocycles. The lowest BCUT2D eigenvalue weighted by Crippen LogP contribution is -2.47. The number of hydrogen-bond acceptors (Lipinski definition) is 5. The summed E-state index contributed by atoms with van der Waals surface area (Å²) in [5.74, 6) is -0.866. The molecule has 0 saturated carbocycles. The van der Waals surface area contributed by atoms with Crippen LogP contribution in [-0.4, -0.2) is 62.8 Å². The maximum Gasteiger partial charge on any atom is 0.239 e. The van der Waals surface area contributed by atoms with Gasteiger partial charge in [-0.15, -0.1) is 0 Å². The Labute approximate surface area is 114 Å². The Morgan fingerprint density at radius 3 is 2.26 bits per heavy atom. The van der Waals surface area contributed by atoms with Crippen LogP contribution in [-0.2, 0) is 19.4 Å². The van der Waals surface area contributed by atoms with Gasteiger partial charge in [-0.3, -0.25) is 9.59 Å². The van der Waals surface area contributed by atoms with Crippen LogP contribution in [0.2, 0.25) is 0 Å². The van der Waals surface area contributed by atoms with Crippen molar-refractivity contribution in [2.24, 2.45) is 5.73 Å². The summed E-state index contributed by atoms with van der Waals surface area (Å²) in [6.45, 7) is 3.54. The van der Waals surface area contributed by atoms with E-state index in [0.717, 1.165) is 6.26 Å². The fourth-order valence-corrected chi connectivity index (χ4v) is 2.09. The Balaban J connectivity index is 4.28. The van der Waals surface area contributed by atoms with E-state index in [0.29, 0.717) is 0 Å². The van der Waals surface area contributed by atoms with Crippen LogP contribution >= 0.6 is 0 Å². The summed E-state index contributed by atoms with van der Waals surface area (Å²) in [7, 11) is -1.69. The first-order chi connectivity index (χ1) is 8.53. The fraction of sp³-hybridized carbons (Fsp3) is 0.818. The lowest BCUT2D eigenvalue weighted by Gasteiger charge is -2.21. The Bertz CT molecular complexity index is 420. The summed E-state index contributed by atoms with van der Waals surface area (Å²) >= 11 is 0. The van der Waals surface area contributed by atoms with E-state index in [1.165, 1.54) is 11.9 Å². The number of sulfone groups is 1. The van der Waals surface area contributed by atoms with Gasteiger partial charge in [0.05, 0.1) is 18.3 Å². The number of nitrogens with one attached hydrogen (secondary N) is 1. The number of carbonyl (C=O) groups is 2. The second-order valence-corrected chi connectivity index (χ2v) is 7.20. The molecule has 112 valence electrons. The molecule has 0 rings (SSSR count). The van der Waals surface area contributed by atoms with Crippen molar-refractivity contribution in [2.45, 2.75) is 32.4 Å². The second-order valence-electron chi connectivity index (χ2n) is 4.94. The molecule has 0 saturated heterocycles. The van der Waals surface area contributed by atoms with Crippen LogP contribution in [0.25, 0.3) is 0 Å². The van der Waals surface area contributed by atoms with Gasteiger partial charge in [0.15, 0.2) is 0 Å². The lowest BCUT2D eigenvalue weighted by atomic mass is 10.2. The van der Waals surface area contributed by atoms with Gasteiger partial charge in [-0.05, 0) is 20.3 Å². The van der Waals surface area contributed by atoms with E-state index in [1.54, 1.807) is 0 Å². The number of nitrogens with two attached hydrogens (primary N) is 1. The van der Waals surface area contributed by atoms with Crippen molar-refractivity contribution in [3.63, 3.8) is 0 Å². The average Bonchev–Trinajstić information content (AvgIpc) is 2.22. The van der Waals surface area contributed by atoms with Crippen LogP contribution in [0.15, 0.2) is 0 Å². The van der Waals surface area contributed by atoms with Crippen molar-refractivity contribution < 1.29 is 18.0 Å². The first-order valence-corrected chi connectivity index (χ1v) is 8.06. The van der Waals surface area contributed by atoms with Gasteiger partial charge in [-0.25, -0.2) is 8.42 Å². The molecule has 3 N–H and O–H groups in total. The zero-order chi connectivity index (χ0) is 15.2. The molecule has 7 nitrogen and oxygen atoms in total. The first kappa shape index (κ1) is 17.8. The molecule has 0 aromatic heterocycles. The van der Waals surface area contributed by atoms with Gasteiger partial charge in [-0.1, -0.05) is 0 Å². The van der Waals surface area contributed by atoms with Crippen LogP contribution in [0.1, 0.15) is 20.3 Å². The average molecular weight is 293 g/mol. The third-order valence-corrected chi connectivity index (χ3v) is 3.30. The highest BCUT2D eigenvalue weighted by atomic mass is 32.2. The Kier molecular flexibility index (Phi) is 6.99. The SMILES string of the molecule is CC(C)NC(=O)CN(C)C(=O)C(N)CCS(C)(=O)=O. The quantitative estimate of drug-likeness (QED) is 0.608. The lowest BCUT2D eigenvalue weighted by molar-refractivity contribution is -0.135. The van der Waals surface area contributed by atoms with Crippen molar-refractivity contribution in [3.05, 3.63) is 0 Å². The molecule has 19 heavy (non-hydrogen) atoms. The van der Waals surface area contributed by atoms with Gasteiger partial charge < -0.3 is 16.0 Å². The topological polar surface area (TPSA) is 110 Å². The molecular formula is C11H23N3O4S. The van der Waals surface area contributed by atoms with Crippen LogP contribution in [0, 0.1) is 0 Å². The summed E-state index contributed by atoms with van der Waals surface area (Å²) in [6.07, 6.45) is 1.14. The number of amides is 2. The van der Waals surface area contributed by atoms with Crippen LogP contribution in [0.5, 0.6) is 0 Å². The highest BCUT2D eigenvalue weighted by Crippen LogP contribution is 1.98. The molecule has 8 heteroatoms. The van der Waals surface area contributed by atoms with Gasteiger partial charge in [0.25, 0.3) is 0 Å². The summed E-state index contributed by atoms with van der Waals surface area (Å²) in [5.41, 5.74) is 5.61. The van der Waals surface area contributed by atoms with E-state index < -0.39 is 21.8 Å². The van der Waals surface area contributed by atoms with Crippen molar-refractivity contribution in [2.75, 3.05) is 25.6 Å². The molecule has 1 atom stereocenters. The third kappa shape index (κ3) is 8.55. The zero-order valence-electron chi connectivity index (χ0n) is 11.8. The molecule has 1 unspecified atom stereocenters. The monoisotopic (exact) mass is 293 g/mol. The number of nitrogens with zero attached hydrogens (tertiary/aromatic N) is 1. The Morgan fingerprint density at radius 2 is 1.84 bits per heavy atom. The predicted molar refractivity (Wildman–Crippen MR) is 73.2 cm³/mol. The van der Waals surface area contributed by atoms with E-state index >= 15 is 0 Å². The fourth-order valence-electron chi connectivity index (χ4n) is 1.41. The molecule has 0 aliphatic rings. The summed E-state index contributed by atoms with van der Waals surface area (Å²) in [6, 6.07) is -0.915. The molecule has 0 spiro atoms. The molecule has 0 aromatic carbocycles. The van der Waals surface area contributed by atoms with Gasteiger partial charge >= 0.3 is 0 Å². The second kappa shape index (κ2) is 7.44. The summed E-state index contributed by atoms with van der Waals surface area (Å²) < 4.78 is 22.0. The zero-order valence-corrected chi connectivity index (χ0v) is 12.7. The maximum atomic E-state index is 11.8. The molecule has 0 fully saturated rings. The van der Waals surface area contributed by atoms with E-state index in [4.69, 9.17) is 5.73 Å². The van der Waals surface area contributed by atoms with E-state index in [1.807, 2.05) is 13.8 Å². The first-order valence-electron chi connectivity index (χ1n) is 6.00. The van der Waals surface area contributed by atoms with E-state index in [9.17, 15) is 18.0 Å². The van der Waals surface area contributed by atoms with Gasteiger partial charge in [0.2, 0.25) is 11.8 Å². The van der Waals surface area contributed by atoms with Crippen molar-refractivity contribution in [3.8, 4) is 0 Å². The van der Waals surface area contributed by atoms with Crippen molar-refractivity contribution >= 4 is 21.7 Å². The van der Waals surface area contributed by atoms with E-state index in [-0.39, 0.29) is 30.7 Å². The summed E-state index contributed by atoms with van der Waals surface area (Å²) in [5, 5.41) is 2.65. The predicted octanol–water partition coefficient (Wildman–Crippen LogP) is -1.27. The summed E-state index contributed by atoms with van der Waals surface area (Å²) in [4.78, 5) is 24.5. The largest absolute Gasteiger partial charge is 0.352 e. The molecule has 0 bridgehead atoms. The normalized spacial score (nSPS) is 13.2. The molecule has 0 heterocycles. The van der Waals surface area contributed by atoms with Crippen molar-refractivity contribution in [1.29, 1.82) is 0 Å². The number of hydrogen-bond donors (Lipinski definition) is 2. The molecular weight excluding hydrogens is 270 g/mol. The standard InChI is InChI=1S/C11H23N3O4S/c1-8(2)13-10(15)7-14(3)11(16)9(12)5-6-19(4,17)18/h8-9H,5-7,12H2,1-4H3,(H,13,15). The molecule has 0 aliphatic heterocycles. The maximum absolute atomic E-state index is 11.8. The number of rotatable bonds is 7. The van der Waals surface area contributed by atoms with Crippen LogP contribution in [0.4, 0.5) is 0 Å². The Morgan fingerprint density at radius 1 is 1.32 bits per heavy atom. The minimum absolute atomic E-state index is 0.00471. The smallest absolute Gasteiger partial charge is 0.239 e. The minimum atomic E-state index is -3.15. The highest BCUT2D eigenvalue weighted by molar-refractivity contribution is 7.90. The number of likely N-dealkylation sites (N-methyl/N-ethyl adjacent to an activating group) is 1. The highest BCUT2D eigenvalue weighted by Gasteiger charge is 2.21. The van der Waals surface area contributed by atoms with Gasteiger partial charge in [0, 0.05) is 19.3 Å². The molecule has 0 aromatic rings. The number of carbonyl (C=O) groups excluding carboxylic acids is 2. The van der Waals surface area contributed by atoms with Crippen molar-refractivity contribution in [1.82, 2.24) is 10.2 Å². The van der Waals surface area contributed by atoms with Crippen LogP contribution in [0.3, 0.4) is 0 Å². The molecule has 2 amide bonds. The Hall–Kier alpha value is -1.15. The third-order valence-electron chi connectivity index (χ3n) is 2.32. The van der Waals surface area contributed by atoms with Crippen LogP contribution < -0.4 is 11.1 Å². The van der Waals surface area contributed by atoms with E-state index in [2.05, 4.69) is 5.32 Å².